The normalized spacial score (nSPS) is 13.5. The average Bonchev–Trinajstić information content (AvgIpc) is 2.99. The second-order valence-electron chi connectivity index (χ2n) is 9.21. The molecule has 0 aromatic heterocycles. The number of hydrogen-bond acceptors (Lipinski definition) is 9. The van der Waals surface area contributed by atoms with Crippen LogP contribution in [0.4, 0.5) is 0 Å². The zero-order valence-corrected chi connectivity index (χ0v) is 28.6. The summed E-state index contributed by atoms with van der Waals surface area (Å²) in [6.45, 7) is 18.4. The average molecular weight is 623 g/mol. The summed E-state index contributed by atoms with van der Waals surface area (Å²) < 4.78 is 48.8. The van der Waals surface area contributed by atoms with Crippen LogP contribution in [0.3, 0.4) is 0 Å². The molecule has 0 saturated carbocycles. The molecule has 2 unspecified atom stereocenters. The fourth-order valence-corrected chi connectivity index (χ4v) is 10.3. The van der Waals surface area contributed by atoms with Crippen LogP contribution in [0.1, 0.15) is 84.2 Å². The third-order valence-electron chi connectivity index (χ3n) is 6.39. The molecule has 2 aromatic rings. The molecule has 42 heavy (non-hydrogen) atoms. The highest BCUT2D eigenvalue weighted by molar-refractivity contribution is 6.62. The quantitative estimate of drug-likeness (QED) is 0.109. The second-order valence-corrected chi connectivity index (χ2v) is 14.6. The molecular weight excluding hydrogens is 573 g/mol. The Balaban J connectivity index is 2.18. The van der Waals surface area contributed by atoms with E-state index in [0.717, 1.165) is 0 Å². The van der Waals surface area contributed by atoms with Gasteiger partial charge < -0.3 is 36.0 Å². The summed E-state index contributed by atoms with van der Waals surface area (Å²) in [5.74, 6) is 1.14. The third kappa shape index (κ3) is 9.45. The van der Waals surface area contributed by atoms with E-state index >= 15 is 0 Å². The Morgan fingerprint density at radius 2 is 0.762 bits per heavy atom. The standard InChI is InChI=1S/C31H50O9Si2/c1-9-29(41(33-11-3,34-12-4)35-13-5)39-27-21-17-25(18-22-27)31(32)26-19-23-28(24-20-26)40-30(10-2)42(36-14-6,37-15-7)38-16-8/h17-24,29-30H,9-16H2,1-8H3. The van der Waals surface area contributed by atoms with Crippen molar-refractivity contribution in [3.8, 4) is 11.5 Å². The van der Waals surface area contributed by atoms with E-state index in [1.54, 1.807) is 48.5 Å². The van der Waals surface area contributed by atoms with Gasteiger partial charge in [0.25, 0.3) is 0 Å². The molecule has 2 atom stereocenters. The first kappa shape index (κ1) is 36.1. The van der Waals surface area contributed by atoms with Crippen LogP contribution in [0, 0.1) is 0 Å². The van der Waals surface area contributed by atoms with Gasteiger partial charge in [0.1, 0.15) is 11.5 Å². The number of carbonyl (C=O) groups is 1. The maximum absolute atomic E-state index is 13.3. The van der Waals surface area contributed by atoms with E-state index in [0.29, 0.717) is 75.1 Å². The summed E-state index contributed by atoms with van der Waals surface area (Å²) in [4.78, 5) is 13.3. The second kappa shape index (κ2) is 18.5. The highest BCUT2D eigenvalue weighted by Crippen LogP contribution is 2.27. The molecular formula is C31H50O9Si2. The molecule has 11 heteroatoms. The molecule has 2 rings (SSSR count). The van der Waals surface area contributed by atoms with Gasteiger partial charge in [0.05, 0.1) is 0 Å². The molecule has 0 radical (unpaired) electrons. The third-order valence-corrected chi connectivity index (χ3v) is 13.2. The summed E-state index contributed by atoms with van der Waals surface area (Å²) in [6, 6.07) is 14.2. The highest BCUT2D eigenvalue weighted by atomic mass is 28.4. The molecule has 0 bridgehead atoms. The van der Waals surface area contributed by atoms with E-state index in [1.807, 2.05) is 55.4 Å². The van der Waals surface area contributed by atoms with E-state index in [1.165, 1.54) is 0 Å². The van der Waals surface area contributed by atoms with Crippen LogP contribution in [0.15, 0.2) is 48.5 Å². The van der Waals surface area contributed by atoms with E-state index in [-0.39, 0.29) is 17.2 Å². The molecule has 0 N–H and O–H groups in total. The van der Waals surface area contributed by atoms with Gasteiger partial charge in [-0.25, -0.2) is 0 Å². The van der Waals surface area contributed by atoms with Crippen molar-refractivity contribution < 1.29 is 40.8 Å². The van der Waals surface area contributed by atoms with Gasteiger partial charge in [-0.2, -0.15) is 0 Å². The number of ether oxygens (including phenoxy) is 2. The Labute approximate surface area is 254 Å². The smallest absolute Gasteiger partial charge is 0.486 e. The molecule has 9 nitrogen and oxygen atoms in total. The fourth-order valence-electron chi connectivity index (χ4n) is 4.69. The van der Waals surface area contributed by atoms with E-state index in [4.69, 9.17) is 36.0 Å². The first-order valence-corrected chi connectivity index (χ1v) is 18.8. The Morgan fingerprint density at radius 1 is 0.500 bits per heavy atom. The minimum absolute atomic E-state index is 0.101. The summed E-state index contributed by atoms with van der Waals surface area (Å²) in [5, 5.41) is 0. The van der Waals surface area contributed by atoms with Crippen LogP contribution >= 0.6 is 0 Å². The molecule has 236 valence electrons. The summed E-state index contributed by atoms with van der Waals surface area (Å²) in [5.41, 5.74) is 0.365. The highest BCUT2D eigenvalue weighted by Gasteiger charge is 2.51. The van der Waals surface area contributed by atoms with Crippen molar-refractivity contribution in [1.82, 2.24) is 0 Å². The minimum atomic E-state index is -3.06. The molecule has 0 aliphatic rings. The Hall–Kier alpha value is -2.10. The molecule has 0 spiro atoms. The molecule has 0 amide bonds. The molecule has 0 heterocycles. The molecule has 0 aliphatic carbocycles. The molecule has 0 saturated heterocycles. The van der Waals surface area contributed by atoms with Gasteiger partial charge in [0, 0.05) is 50.8 Å². The lowest BCUT2D eigenvalue weighted by atomic mass is 10.0. The van der Waals surface area contributed by atoms with Crippen molar-refractivity contribution in [1.29, 1.82) is 0 Å². The maximum atomic E-state index is 13.3. The Bertz CT molecular complexity index is 918. The van der Waals surface area contributed by atoms with Crippen LogP contribution in [0.25, 0.3) is 0 Å². The van der Waals surface area contributed by atoms with Crippen molar-refractivity contribution >= 4 is 23.4 Å². The lowest BCUT2D eigenvalue weighted by molar-refractivity contribution is 0.0279. The van der Waals surface area contributed by atoms with Crippen LogP contribution in [0.2, 0.25) is 0 Å². The first-order valence-electron chi connectivity index (χ1n) is 15.2. The van der Waals surface area contributed by atoms with Crippen molar-refractivity contribution in [2.75, 3.05) is 39.6 Å². The Morgan fingerprint density at radius 3 is 0.976 bits per heavy atom. The van der Waals surface area contributed by atoms with Crippen molar-refractivity contribution in [2.24, 2.45) is 0 Å². The van der Waals surface area contributed by atoms with Gasteiger partial charge in [-0.1, -0.05) is 13.8 Å². The van der Waals surface area contributed by atoms with Crippen LogP contribution in [0.5, 0.6) is 11.5 Å². The van der Waals surface area contributed by atoms with Gasteiger partial charge in [-0.3, -0.25) is 4.79 Å². The minimum Gasteiger partial charge on any atom is -0.486 e. The van der Waals surface area contributed by atoms with Crippen LogP contribution in [-0.2, 0) is 26.6 Å². The fraction of sp³-hybridized carbons (Fsp3) is 0.581. The largest absolute Gasteiger partial charge is 0.543 e. The number of benzene rings is 2. The lowest BCUT2D eigenvalue weighted by Crippen LogP contribution is -2.58. The summed E-state index contributed by atoms with van der Waals surface area (Å²) in [6.07, 6.45) is 1.31. The first-order chi connectivity index (χ1) is 20.3. The van der Waals surface area contributed by atoms with Crippen molar-refractivity contribution in [2.45, 2.75) is 79.7 Å². The SMILES string of the molecule is CCO[Si](OCC)(OCC)C(CC)Oc1ccc(C(=O)c2ccc(OC(CC)[Si](OCC)(OCC)OCC)cc2)cc1. The maximum Gasteiger partial charge on any atom is 0.543 e. The molecule has 0 fully saturated rings. The van der Waals surface area contributed by atoms with Crippen molar-refractivity contribution in [3.05, 3.63) is 59.7 Å². The van der Waals surface area contributed by atoms with Gasteiger partial charge in [-0.05, 0) is 103 Å². The monoisotopic (exact) mass is 622 g/mol. The van der Waals surface area contributed by atoms with Gasteiger partial charge >= 0.3 is 17.6 Å². The molecule has 0 aliphatic heterocycles. The van der Waals surface area contributed by atoms with E-state index < -0.39 is 17.6 Å². The van der Waals surface area contributed by atoms with E-state index in [2.05, 4.69) is 0 Å². The predicted octanol–water partition coefficient (Wildman–Crippen LogP) is 6.41. The lowest BCUT2D eigenvalue weighted by Gasteiger charge is -2.34. The zero-order valence-electron chi connectivity index (χ0n) is 26.6. The van der Waals surface area contributed by atoms with Gasteiger partial charge in [-0.15, -0.1) is 0 Å². The number of rotatable bonds is 22. The zero-order chi connectivity index (χ0) is 31.0. The summed E-state index contributed by atoms with van der Waals surface area (Å²) in [7, 11) is -6.13. The number of hydrogen-bond donors (Lipinski definition) is 0. The topological polar surface area (TPSA) is 90.9 Å². The predicted molar refractivity (Wildman–Crippen MR) is 167 cm³/mol. The van der Waals surface area contributed by atoms with Crippen molar-refractivity contribution in [3.63, 3.8) is 0 Å². The number of ketones is 1. The Kier molecular flexibility index (Phi) is 15.9. The summed E-state index contributed by atoms with van der Waals surface area (Å²) >= 11 is 0. The van der Waals surface area contributed by atoms with E-state index in [9.17, 15) is 4.79 Å². The van der Waals surface area contributed by atoms with Crippen LogP contribution < -0.4 is 9.47 Å². The molecule has 2 aromatic carbocycles. The number of carbonyl (C=O) groups excluding carboxylic acids is 1. The van der Waals surface area contributed by atoms with Gasteiger partial charge in [0.15, 0.2) is 17.2 Å². The van der Waals surface area contributed by atoms with Crippen LogP contribution in [-0.4, -0.2) is 74.5 Å². The van der Waals surface area contributed by atoms with Gasteiger partial charge in [0.2, 0.25) is 0 Å².